The van der Waals surface area contributed by atoms with Crippen LogP contribution in [-0.2, 0) is 0 Å². The second-order valence-electron chi connectivity index (χ2n) is 6.44. The molecule has 26 heavy (non-hydrogen) atoms. The molecule has 1 atom stereocenters. The van der Waals surface area contributed by atoms with Crippen molar-refractivity contribution >= 4 is 17.5 Å². The summed E-state index contributed by atoms with van der Waals surface area (Å²) in [7, 11) is 0. The number of anilines is 1. The van der Waals surface area contributed by atoms with E-state index >= 15 is 0 Å². The number of hydrogen-bond donors (Lipinski definition) is 1. The second kappa shape index (κ2) is 8.03. The smallest absolute Gasteiger partial charge is 0.289 e. The molecule has 0 aromatic carbocycles. The van der Waals surface area contributed by atoms with Gasteiger partial charge in [0.1, 0.15) is 5.69 Å². The van der Waals surface area contributed by atoms with E-state index < -0.39 is 0 Å². The van der Waals surface area contributed by atoms with E-state index in [4.69, 9.17) is 4.42 Å². The molecule has 1 N–H and O–H groups in total. The van der Waals surface area contributed by atoms with E-state index in [-0.39, 0.29) is 17.9 Å². The summed E-state index contributed by atoms with van der Waals surface area (Å²) in [4.78, 5) is 32.6. The van der Waals surface area contributed by atoms with Gasteiger partial charge in [0, 0.05) is 32.2 Å². The summed E-state index contributed by atoms with van der Waals surface area (Å²) in [6.07, 6.45) is 4.11. The number of carbonyl (C=O) groups is 2. The lowest BCUT2D eigenvalue weighted by atomic mass is 10.2. The van der Waals surface area contributed by atoms with Crippen LogP contribution in [0.25, 0.3) is 0 Å². The Hall–Kier alpha value is -2.83. The quantitative estimate of drug-likeness (QED) is 0.888. The standard InChI is InChI=1S/C19H24N4O3/c1-3-14(2)21-18(24)16-7-6-15(13-20-16)22-8-10-23(11-9-22)19(25)17-5-4-12-26-17/h4-7,12-14H,3,8-11H2,1-2H3,(H,21,24). The van der Waals surface area contributed by atoms with E-state index in [9.17, 15) is 9.59 Å². The molecule has 0 aliphatic carbocycles. The highest BCUT2D eigenvalue weighted by molar-refractivity contribution is 5.93. The first kappa shape index (κ1) is 18.0. The summed E-state index contributed by atoms with van der Waals surface area (Å²) in [5.41, 5.74) is 1.37. The Morgan fingerprint density at radius 3 is 2.58 bits per heavy atom. The average molecular weight is 356 g/mol. The Morgan fingerprint density at radius 2 is 2.00 bits per heavy atom. The SMILES string of the molecule is CCC(C)NC(=O)c1ccc(N2CCN(C(=O)c3ccco3)CC2)cn1. The molecule has 1 fully saturated rings. The van der Waals surface area contributed by atoms with Crippen LogP contribution < -0.4 is 10.2 Å². The van der Waals surface area contributed by atoms with Gasteiger partial charge in [-0.1, -0.05) is 6.92 Å². The van der Waals surface area contributed by atoms with Crippen LogP contribution in [0.5, 0.6) is 0 Å². The third kappa shape index (κ3) is 4.04. The fraction of sp³-hybridized carbons (Fsp3) is 0.421. The summed E-state index contributed by atoms with van der Waals surface area (Å²) >= 11 is 0. The van der Waals surface area contributed by atoms with E-state index in [0.29, 0.717) is 37.6 Å². The number of pyridine rings is 1. The first-order valence-electron chi connectivity index (χ1n) is 8.93. The molecule has 1 aliphatic heterocycles. The first-order chi connectivity index (χ1) is 12.6. The normalized spacial score (nSPS) is 15.6. The summed E-state index contributed by atoms with van der Waals surface area (Å²) in [6.45, 7) is 6.66. The van der Waals surface area contributed by atoms with Crippen molar-refractivity contribution in [3.63, 3.8) is 0 Å². The highest BCUT2D eigenvalue weighted by Gasteiger charge is 2.24. The number of nitrogens with zero attached hydrogens (tertiary/aromatic N) is 3. The maximum atomic E-state index is 12.3. The number of piperazine rings is 1. The van der Waals surface area contributed by atoms with Gasteiger partial charge in [-0.2, -0.15) is 0 Å². The fourth-order valence-corrected chi connectivity index (χ4v) is 2.83. The highest BCUT2D eigenvalue weighted by atomic mass is 16.3. The number of amides is 2. The van der Waals surface area contributed by atoms with Crippen molar-refractivity contribution < 1.29 is 14.0 Å². The van der Waals surface area contributed by atoms with Crippen LogP contribution in [0.15, 0.2) is 41.1 Å². The molecule has 0 spiro atoms. The lowest BCUT2D eigenvalue weighted by molar-refractivity contribution is 0.0714. The van der Waals surface area contributed by atoms with Crippen LogP contribution in [0.4, 0.5) is 5.69 Å². The largest absolute Gasteiger partial charge is 0.459 e. The maximum absolute atomic E-state index is 12.3. The van der Waals surface area contributed by atoms with Gasteiger partial charge < -0.3 is 19.5 Å². The molecule has 1 saturated heterocycles. The summed E-state index contributed by atoms with van der Waals surface area (Å²) in [6, 6.07) is 7.18. The van der Waals surface area contributed by atoms with Crippen LogP contribution in [0.1, 0.15) is 41.3 Å². The van der Waals surface area contributed by atoms with E-state index in [1.165, 1.54) is 6.26 Å². The average Bonchev–Trinajstić information content (AvgIpc) is 3.22. The molecule has 1 aliphatic rings. The minimum Gasteiger partial charge on any atom is -0.459 e. The molecule has 0 radical (unpaired) electrons. The topological polar surface area (TPSA) is 78.7 Å². The van der Waals surface area contributed by atoms with Crippen molar-refractivity contribution in [2.45, 2.75) is 26.3 Å². The van der Waals surface area contributed by atoms with Crippen molar-refractivity contribution in [2.24, 2.45) is 0 Å². The number of rotatable bonds is 5. The van der Waals surface area contributed by atoms with Gasteiger partial charge in [0.05, 0.1) is 18.1 Å². The van der Waals surface area contributed by atoms with E-state index in [2.05, 4.69) is 15.2 Å². The predicted molar refractivity (Wildman–Crippen MR) is 98.3 cm³/mol. The van der Waals surface area contributed by atoms with Crippen molar-refractivity contribution in [1.82, 2.24) is 15.2 Å². The zero-order valence-corrected chi connectivity index (χ0v) is 15.1. The molecule has 1 unspecified atom stereocenters. The van der Waals surface area contributed by atoms with Crippen LogP contribution in [0.3, 0.4) is 0 Å². The lowest BCUT2D eigenvalue weighted by Gasteiger charge is -2.35. The molecular formula is C19H24N4O3. The molecule has 2 amide bonds. The Kier molecular flexibility index (Phi) is 5.55. The molecule has 3 heterocycles. The first-order valence-corrected chi connectivity index (χ1v) is 8.93. The van der Waals surface area contributed by atoms with Crippen molar-refractivity contribution in [3.8, 4) is 0 Å². The van der Waals surface area contributed by atoms with Gasteiger partial charge in [-0.25, -0.2) is 4.98 Å². The molecule has 0 saturated carbocycles. The molecule has 2 aromatic heterocycles. The van der Waals surface area contributed by atoms with Gasteiger partial charge in [-0.3, -0.25) is 9.59 Å². The van der Waals surface area contributed by atoms with E-state index in [0.717, 1.165) is 12.1 Å². The number of aromatic nitrogens is 1. The second-order valence-corrected chi connectivity index (χ2v) is 6.44. The van der Waals surface area contributed by atoms with E-state index in [1.807, 2.05) is 19.9 Å². The van der Waals surface area contributed by atoms with Gasteiger partial charge in [0.25, 0.3) is 11.8 Å². The molecule has 7 heteroatoms. The number of nitrogens with one attached hydrogen (secondary N) is 1. The number of hydrogen-bond acceptors (Lipinski definition) is 5. The predicted octanol–water partition coefficient (Wildman–Crippen LogP) is 2.17. The fourth-order valence-electron chi connectivity index (χ4n) is 2.83. The van der Waals surface area contributed by atoms with Gasteiger partial charge >= 0.3 is 0 Å². The Labute approximate surface area is 153 Å². The molecular weight excluding hydrogens is 332 g/mol. The molecule has 2 aromatic rings. The molecule has 3 rings (SSSR count). The van der Waals surface area contributed by atoms with Crippen LogP contribution in [0, 0.1) is 0 Å². The van der Waals surface area contributed by atoms with Crippen molar-refractivity contribution in [2.75, 3.05) is 31.1 Å². The van der Waals surface area contributed by atoms with Gasteiger partial charge in [-0.05, 0) is 37.6 Å². The summed E-state index contributed by atoms with van der Waals surface area (Å²) in [5.74, 6) is 0.140. The monoisotopic (exact) mass is 356 g/mol. The van der Waals surface area contributed by atoms with E-state index in [1.54, 1.807) is 29.3 Å². The third-order valence-electron chi connectivity index (χ3n) is 4.63. The van der Waals surface area contributed by atoms with Gasteiger partial charge in [0.15, 0.2) is 5.76 Å². The summed E-state index contributed by atoms with van der Waals surface area (Å²) in [5, 5.41) is 2.91. The number of furan rings is 1. The van der Waals surface area contributed by atoms with Crippen LogP contribution in [-0.4, -0.2) is 53.9 Å². The Balaban J connectivity index is 1.56. The van der Waals surface area contributed by atoms with Gasteiger partial charge in [-0.15, -0.1) is 0 Å². The highest BCUT2D eigenvalue weighted by Crippen LogP contribution is 2.17. The lowest BCUT2D eigenvalue weighted by Crippen LogP contribution is -2.48. The molecule has 138 valence electrons. The number of carbonyl (C=O) groups excluding carboxylic acids is 2. The molecule has 0 bridgehead atoms. The zero-order chi connectivity index (χ0) is 18.5. The Morgan fingerprint density at radius 1 is 1.23 bits per heavy atom. The Bertz CT molecular complexity index is 735. The van der Waals surface area contributed by atoms with Crippen LogP contribution >= 0.6 is 0 Å². The van der Waals surface area contributed by atoms with Gasteiger partial charge in [0.2, 0.25) is 0 Å². The minimum atomic E-state index is -0.153. The zero-order valence-electron chi connectivity index (χ0n) is 15.1. The van der Waals surface area contributed by atoms with Crippen molar-refractivity contribution in [3.05, 3.63) is 48.2 Å². The van der Waals surface area contributed by atoms with Crippen LogP contribution in [0.2, 0.25) is 0 Å². The minimum absolute atomic E-state index is 0.0789. The third-order valence-corrected chi connectivity index (χ3v) is 4.63. The maximum Gasteiger partial charge on any atom is 0.289 e. The molecule has 7 nitrogen and oxygen atoms in total. The summed E-state index contributed by atoms with van der Waals surface area (Å²) < 4.78 is 5.18. The van der Waals surface area contributed by atoms with Crippen molar-refractivity contribution in [1.29, 1.82) is 0 Å².